The molecule has 2 aromatic heterocycles. The summed E-state index contributed by atoms with van der Waals surface area (Å²) in [6, 6.07) is 0. The average molecular weight is 278 g/mol. The summed E-state index contributed by atoms with van der Waals surface area (Å²) < 4.78 is 3.45. The van der Waals surface area contributed by atoms with E-state index in [2.05, 4.69) is 15.4 Å². The molecule has 8 heteroatoms. The van der Waals surface area contributed by atoms with Gasteiger partial charge in [-0.25, -0.2) is 9.67 Å². The van der Waals surface area contributed by atoms with Crippen molar-refractivity contribution in [1.82, 2.24) is 19.3 Å². The summed E-state index contributed by atoms with van der Waals surface area (Å²) in [5, 5.41) is 18.4. The highest BCUT2D eigenvalue weighted by Gasteiger charge is 2.25. The zero-order valence-electron chi connectivity index (χ0n) is 11.8. The predicted octanol–water partition coefficient (Wildman–Crippen LogP) is 1.28. The third-order valence-corrected chi connectivity index (χ3v) is 3.17. The van der Waals surface area contributed by atoms with Gasteiger partial charge in [0, 0.05) is 39.5 Å². The van der Waals surface area contributed by atoms with E-state index in [9.17, 15) is 10.1 Å². The molecule has 1 N–H and O–H groups in total. The second kappa shape index (κ2) is 5.72. The van der Waals surface area contributed by atoms with E-state index < -0.39 is 0 Å². The Kier molecular flexibility index (Phi) is 4.02. The molecule has 0 aliphatic rings. The maximum absolute atomic E-state index is 11.2. The van der Waals surface area contributed by atoms with Crippen LogP contribution in [0.4, 0.5) is 11.5 Å². The highest BCUT2D eigenvalue weighted by atomic mass is 16.6. The fourth-order valence-corrected chi connectivity index (χ4v) is 2.13. The lowest BCUT2D eigenvalue weighted by Crippen LogP contribution is -2.12. The zero-order chi connectivity index (χ0) is 14.7. The number of nitrogens with zero attached hydrogens (tertiary/aromatic N) is 5. The van der Waals surface area contributed by atoms with Crippen LogP contribution < -0.4 is 5.32 Å². The second-order valence-electron chi connectivity index (χ2n) is 4.51. The van der Waals surface area contributed by atoms with Crippen LogP contribution in [0.5, 0.6) is 0 Å². The molecule has 0 aliphatic carbocycles. The number of rotatable bonds is 6. The lowest BCUT2D eigenvalue weighted by atomic mass is 10.3. The number of imidazole rings is 1. The van der Waals surface area contributed by atoms with Crippen LogP contribution >= 0.6 is 0 Å². The highest BCUT2D eigenvalue weighted by molar-refractivity contribution is 5.59. The molecule has 108 valence electrons. The van der Waals surface area contributed by atoms with E-state index in [-0.39, 0.29) is 10.6 Å². The molecule has 0 radical (unpaired) electrons. The molecule has 0 bridgehead atoms. The van der Waals surface area contributed by atoms with Gasteiger partial charge in [0.15, 0.2) is 0 Å². The van der Waals surface area contributed by atoms with Gasteiger partial charge in [-0.1, -0.05) is 6.92 Å². The Morgan fingerprint density at radius 3 is 2.75 bits per heavy atom. The number of hydrogen-bond acceptors (Lipinski definition) is 5. The zero-order valence-corrected chi connectivity index (χ0v) is 11.8. The number of aryl methyl sites for hydroxylation is 3. The molecule has 0 saturated carbocycles. The topological polar surface area (TPSA) is 90.8 Å². The maximum atomic E-state index is 11.2. The van der Waals surface area contributed by atoms with Crippen LogP contribution in [0, 0.1) is 10.1 Å². The molecule has 2 aromatic rings. The number of hydrogen-bond donors (Lipinski definition) is 1. The maximum Gasteiger partial charge on any atom is 0.333 e. The standard InChI is InChI=1S/C12H18N6O2/c1-4-9-11(18(19)20)12(17(3)15-9)14-6-5-10-13-7-8-16(10)2/h7-8,14H,4-6H2,1-3H3. The number of nitro groups is 1. The summed E-state index contributed by atoms with van der Waals surface area (Å²) in [7, 11) is 3.62. The van der Waals surface area contributed by atoms with E-state index in [0.717, 1.165) is 5.82 Å². The average Bonchev–Trinajstić information content (AvgIpc) is 2.94. The molecular weight excluding hydrogens is 260 g/mol. The van der Waals surface area contributed by atoms with Gasteiger partial charge in [0.1, 0.15) is 11.5 Å². The summed E-state index contributed by atoms with van der Waals surface area (Å²) in [6.07, 6.45) is 4.83. The molecule has 0 amide bonds. The number of nitrogens with one attached hydrogen (secondary N) is 1. The minimum Gasteiger partial charge on any atom is -0.364 e. The predicted molar refractivity (Wildman–Crippen MR) is 74.6 cm³/mol. The first-order chi connectivity index (χ1) is 9.54. The van der Waals surface area contributed by atoms with Crippen molar-refractivity contribution in [2.24, 2.45) is 14.1 Å². The van der Waals surface area contributed by atoms with Crippen LogP contribution in [0.25, 0.3) is 0 Å². The third-order valence-electron chi connectivity index (χ3n) is 3.17. The van der Waals surface area contributed by atoms with Crippen molar-refractivity contribution in [2.45, 2.75) is 19.8 Å². The second-order valence-corrected chi connectivity index (χ2v) is 4.51. The van der Waals surface area contributed by atoms with E-state index >= 15 is 0 Å². The van der Waals surface area contributed by atoms with Gasteiger partial charge >= 0.3 is 5.69 Å². The van der Waals surface area contributed by atoms with Crippen LogP contribution in [0.2, 0.25) is 0 Å². The van der Waals surface area contributed by atoms with Crippen LogP contribution in [-0.2, 0) is 26.9 Å². The Hall–Kier alpha value is -2.38. The van der Waals surface area contributed by atoms with Gasteiger partial charge < -0.3 is 9.88 Å². The number of aromatic nitrogens is 4. The molecule has 0 saturated heterocycles. The summed E-state index contributed by atoms with van der Waals surface area (Å²) in [6.45, 7) is 2.42. The largest absolute Gasteiger partial charge is 0.364 e. The van der Waals surface area contributed by atoms with Crippen LogP contribution in [0.15, 0.2) is 12.4 Å². The van der Waals surface area contributed by atoms with E-state index in [0.29, 0.717) is 30.9 Å². The molecule has 0 aromatic carbocycles. The summed E-state index contributed by atoms with van der Waals surface area (Å²) in [5.74, 6) is 1.37. The van der Waals surface area contributed by atoms with Gasteiger partial charge in [-0.05, 0) is 6.42 Å². The minimum absolute atomic E-state index is 0.0647. The summed E-state index contributed by atoms with van der Waals surface area (Å²) >= 11 is 0. The lowest BCUT2D eigenvalue weighted by Gasteiger charge is -2.06. The number of anilines is 1. The molecule has 2 heterocycles. The normalized spacial score (nSPS) is 10.8. The lowest BCUT2D eigenvalue weighted by molar-refractivity contribution is -0.384. The van der Waals surface area contributed by atoms with Gasteiger partial charge in [0.05, 0.1) is 4.92 Å². The molecule has 20 heavy (non-hydrogen) atoms. The Labute approximate surface area is 116 Å². The molecule has 0 fully saturated rings. The van der Waals surface area contributed by atoms with Crippen LogP contribution in [-0.4, -0.2) is 30.8 Å². The van der Waals surface area contributed by atoms with Crippen molar-refractivity contribution in [3.05, 3.63) is 34.0 Å². The molecule has 0 atom stereocenters. The minimum atomic E-state index is -0.380. The highest BCUT2D eigenvalue weighted by Crippen LogP contribution is 2.28. The summed E-state index contributed by atoms with van der Waals surface area (Å²) in [5.41, 5.74) is 0.562. The fourth-order valence-electron chi connectivity index (χ4n) is 2.13. The molecule has 8 nitrogen and oxygen atoms in total. The van der Waals surface area contributed by atoms with Gasteiger partial charge in [0.25, 0.3) is 0 Å². The van der Waals surface area contributed by atoms with Gasteiger partial charge in [0.2, 0.25) is 5.82 Å². The Morgan fingerprint density at radius 2 is 2.20 bits per heavy atom. The third kappa shape index (κ3) is 2.63. The summed E-state index contributed by atoms with van der Waals surface area (Å²) in [4.78, 5) is 15.0. The van der Waals surface area contributed by atoms with E-state index in [4.69, 9.17) is 0 Å². The molecule has 0 aliphatic heterocycles. The first kappa shape index (κ1) is 14.0. The smallest absolute Gasteiger partial charge is 0.333 e. The quantitative estimate of drug-likeness (QED) is 0.635. The Morgan fingerprint density at radius 1 is 1.45 bits per heavy atom. The van der Waals surface area contributed by atoms with Gasteiger partial charge in [-0.2, -0.15) is 5.10 Å². The van der Waals surface area contributed by atoms with Crippen LogP contribution in [0.1, 0.15) is 18.4 Å². The van der Waals surface area contributed by atoms with E-state index in [1.165, 1.54) is 4.68 Å². The molecule has 0 spiro atoms. The Balaban J connectivity index is 2.11. The van der Waals surface area contributed by atoms with Crippen molar-refractivity contribution >= 4 is 11.5 Å². The first-order valence-electron chi connectivity index (χ1n) is 6.45. The van der Waals surface area contributed by atoms with Crippen molar-refractivity contribution < 1.29 is 4.92 Å². The first-order valence-corrected chi connectivity index (χ1v) is 6.45. The van der Waals surface area contributed by atoms with E-state index in [1.807, 2.05) is 24.7 Å². The molecule has 0 unspecified atom stereocenters. The van der Waals surface area contributed by atoms with Gasteiger partial charge in [-0.15, -0.1) is 0 Å². The van der Waals surface area contributed by atoms with E-state index in [1.54, 1.807) is 13.2 Å². The molecular formula is C12H18N6O2. The van der Waals surface area contributed by atoms with Crippen molar-refractivity contribution in [1.29, 1.82) is 0 Å². The van der Waals surface area contributed by atoms with Crippen molar-refractivity contribution in [3.8, 4) is 0 Å². The fraction of sp³-hybridized carbons (Fsp3) is 0.500. The van der Waals surface area contributed by atoms with Crippen molar-refractivity contribution in [3.63, 3.8) is 0 Å². The van der Waals surface area contributed by atoms with Crippen LogP contribution in [0.3, 0.4) is 0 Å². The molecule has 2 rings (SSSR count). The SMILES string of the molecule is CCc1nn(C)c(NCCc2nccn2C)c1[N+](=O)[O-]. The monoisotopic (exact) mass is 278 g/mol. The Bertz CT molecular complexity index is 615. The van der Waals surface area contributed by atoms with Crippen molar-refractivity contribution in [2.75, 3.05) is 11.9 Å². The van der Waals surface area contributed by atoms with Gasteiger partial charge in [-0.3, -0.25) is 10.1 Å².